The third-order valence-electron chi connectivity index (χ3n) is 5.90. The summed E-state index contributed by atoms with van der Waals surface area (Å²) >= 11 is 0. The Bertz CT molecular complexity index is 988. The van der Waals surface area contributed by atoms with Gasteiger partial charge in [-0.15, -0.1) is 6.16 Å². The predicted molar refractivity (Wildman–Crippen MR) is 163 cm³/mol. The summed E-state index contributed by atoms with van der Waals surface area (Å²) in [6.07, 6.45) is 18.2. The van der Waals surface area contributed by atoms with Crippen molar-refractivity contribution in [1.29, 1.82) is 0 Å². The molecule has 0 aromatic heterocycles. The van der Waals surface area contributed by atoms with Crippen molar-refractivity contribution in [3.8, 4) is 0 Å². The Kier molecular flexibility index (Phi) is 13.8. The molecule has 0 nitrogen and oxygen atoms in total. The van der Waals surface area contributed by atoms with Crippen molar-refractivity contribution >= 4 is 37.1 Å². The Labute approximate surface area is 239 Å². The second-order valence-electron chi connectivity index (χ2n) is 8.50. The third-order valence-corrected chi connectivity index (χ3v) is 10.8. The molecule has 4 aromatic rings. The Morgan fingerprint density at radius 2 is 0.973 bits per heavy atom. The zero-order valence-electron chi connectivity index (χ0n) is 21.1. The van der Waals surface area contributed by atoms with Gasteiger partial charge < -0.3 is 6.08 Å². The summed E-state index contributed by atoms with van der Waals surface area (Å²) in [5.74, 6) is 0. The summed E-state index contributed by atoms with van der Waals surface area (Å²) in [6.45, 7) is 0. The van der Waals surface area contributed by atoms with Gasteiger partial charge in [0.25, 0.3) is 0 Å². The number of allylic oxidation sites excluding steroid dienone is 4. The summed E-state index contributed by atoms with van der Waals surface area (Å²) in [6, 6.07) is 43.8. The first kappa shape index (κ1) is 29.4. The molecular weight excluding hydrogens is 663 g/mol. The van der Waals surface area contributed by atoms with E-state index in [1.54, 1.807) is 0 Å². The average Bonchev–Trinajstić information content (AvgIpc) is 2.93. The fraction of sp³-hybridized carbons (Fsp3) is 0.147. The minimum Gasteiger partial charge on any atom is -0.500 e. The van der Waals surface area contributed by atoms with Gasteiger partial charge in [-0.1, -0.05) is 165 Å². The molecule has 1 aliphatic rings. The fourth-order valence-electron chi connectivity index (χ4n) is 4.06. The van der Waals surface area contributed by atoms with Crippen LogP contribution in [0, 0.1) is 12.2 Å². The van der Waals surface area contributed by atoms with E-state index in [-0.39, 0.29) is 20.1 Å². The maximum Gasteiger partial charge on any atom is 0 e. The van der Waals surface area contributed by atoms with Crippen molar-refractivity contribution in [3.05, 3.63) is 152 Å². The van der Waals surface area contributed by atoms with E-state index in [9.17, 15) is 0 Å². The first-order valence-corrected chi connectivity index (χ1v) is 15.7. The van der Waals surface area contributed by atoms with Gasteiger partial charge in [-0.05, 0) is 17.0 Å². The molecule has 0 heterocycles. The van der Waals surface area contributed by atoms with Crippen molar-refractivity contribution in [2.45, 2.75) is 25.7 Å². The Hall–Kier alpha value is -2.13. The van der Waals surface area contributed by atoms with E-state index in [0.29, 0.717) is 0 Å². The van der Waals surface area contributed by atoms with E-state index in [1.165, 1.54) is 40.5 Å². The van der Waals surface area contributed by atoms with E-state index < -0.39 is 15.8 Å². The summed E-state index contributed by atoms with van der Waals surface area (Å²) in [4.78, 5) is 0. The molecule has 0 spiro atoms. The quantitative estimate of drug-likeness (QED) is 0.105. The first-order chi connectivity index (χ1) is 17.9. The molecule has 3 heteroatoms. The normalized spacial score (nSPS) is 12.7. The maximum atomic E-state index is 3.21. The molecule has 0 unspecified atom stereocenters. The van der Waals surface area contributed by atoms with Gasteiger partial charge in [-0.3, -0.25) is 12.2 Å². The molecule has 0 atom stereocenters. The third kappa shape index (κ3) is 9.93. The number of rotatable bonds is 7. The number of benzene rings is 4. The van der Waals surface area contributed by atoms with Gasteiger partial charge in [-0.25, -0.2) is 7.92 Å². The molecule has 0 saturated carbocycles. The van der Waals surface area contributed by atoms with Crippen LogP contribution in [0.2, 0.25) is 0 Å². The summed E-state index contributed by atoms with van der Waals surface area (Å²) in [7, 11) is -0.876. The van der Waals surface area contributed by atoms with Crippen LogP contribution >= 0.6 is 15.8 Å². The van der Waals surface area contributed by atoms with Gasteiger partial charge in [0.15, 0.2) is 0 Å². The molecule has 4 aromatic carbocycles. The summed E-state index contributed by atoms with van der Waals surface area (Å²) in [5.41, 5.74) is 0. The molecule has 0 bridgehead atoms. The van der Waals surface area contributed by atoms with Crippen molar-refractivity contribution < 1.29 is 20.1 Å². The summed E-state index contributed by atoms with van der Waals surface area (Å²) in [5, 5.41) is 5.71. The van der Waals surface area contributed by atoms with E-state index in [1.807, 2.05) is 0 Å². The molecule has 0 aliphatic heterocycles. The molecule has 0 N–H and O–H groups in total. The van der Waals surface area contributed by atoms with Gasteiger partial charge in [0, 0.05) is 20.1 Å². The van der Waals surface area contributed by atoms with Gasteiger partial charge in [0.05, 0.1) is 0 Å². The molecule has 1 radical (unpaired) electrons. The maximum absolute atomic E-state index is 3.21. The first-order valence-electron chi connectivity index (χ1n) is 12.7. The topological polar surface area (TPSA) is 0 Å². The largest absolute Gasteiger partial charge is 0.500 e. The van der Waals surface area contributed by atoms with E-state index in [0.717, 1.165) is 12.6 Å². The van der Waals surface area contributed by atoms with Crippen molar-refractivity contribution in [2.75, 3.05) is 6.16 Å². The van der Waals surface area contributed by atoms with Crippen molar-refractivity contribution in [3.63, 3.8) is 0 Å². The summed E-state index contributed by atoms with van der Waals surface area (Å²) < 4.78 is 0. The minimum atomic E-state index is -0.473. The van der Waals surface area contributed by atoms with E-state index >= 15 is 0 Å². The SMILES string of the molecule is [C-]1=CCCC=CCC1.[Ir].c1ccc(P([CH-]CP(c2ccccc2)c2ccccc2)c2ccccc2)cc1. The minimum absolute atomic E-state index is 0. The van der Waals surface area contributed by atoms with E-state index in [2.05, 4.69) is 152 Å². The molecule has 1 aliphatic carbocycles. The van der Waals surface area contributed by atoms with Crippen LogP contribution in [-0.4, -0.2) is 6.16 Å². The van der Waals surface area contributed by atoms with Crippen LogP contribution in [0.25, 0.3) is 0 Å². The molecule has 5 rings (SSSR count). The smallest absolute Gasteiger partial charge is 0 e. The van der Waals surface area contributed by atoms with Crippen LogP contribution in [-0.2, 0) is 20.1 Å². The number of hydrogen-bond donors (Lipinski definition) is 0. The fourth-order valence-corrected chi connectivity index (χ4v) is 8.86. The Morgan fingerprint density at radius 1 is 0.541 bits per heavy atom. The van der Waals surface area contributed by atoms with Crippen LogP contribution in [0.3, 0.4) is 0 Å². The molecular formula is C34H34IrP2-2. The van der Waals surface area contributed by atoms with Crippen LogP contribution in [0.5, 0.6) is 0 Å². The zero-order chi connectivity index (χ0) is 24.7. The van der Waals surface area contributed by atoms with Crippen LogP contribution < -0.4 is 21.2 Å². The molecule has 0 fully saturated rings. The Morgan fingerprint density at radius 3 is 1.46 bits per heavy atom. The van der Waals surface area contributed by atoms with E-state index in [4.69, 9.17) is 0 Å². The molecule has 191 valence electrons. The average molecular weight is 697 g/mol. The van der Waals surface area contributed by atoms with Gasteiger partial charge >= 0.3 is 0 Å². The molecule has 0 saturated heterocycles. The molecule has 37 heavy (non-hydrogen) atoms. The second-order valence-corrected chi connectivity index (χ2v) is 12.9. The van der Waals surface area contributed by atoms with Gasteiger partial charge in [0.1, 0.15) is 0 Å². The number of hydrogen-bond acceptors (Lipinski definition) is 0. The van der Waals surface area contributed by atoms with Gasteiger partial charge in [0.2, 0.25) is 0 Å². The second kappa shape index (κ2) is 17.4. The zero-order valence-corrected chi connectivity index (χ0v) is 25.3. The monoisotopic (exact) mass is 697 g/mol. The van der Waals surface area contributed by atoms with Crippen LogP contribution in [0.4, 0.5) is 0 Å². The van der Waals surface area contributed by atoms with Gasteiger partial charge in [-0.2, -0.15) is 6.42 Å². The van der Waals surface area contributed by atoms with Crippen LogP contribution in [0.1, 0.15) is 25.7 Å². The molecule has 0 amide bonds. The predicted octanol–water partition coefficient (Wildman–Crippen LogP) is 7.89. The Balaban J connectivity index is 0.000000363. The van der Waals surface area contributed by atoms with Crippen molar-refractivity contribution in [2.24, 2.45) is 0 Å². The van der Waals surface area contributed by atoms with Crippen molar-refractivity contribution in [1.82, 2.24) is 0 Å². The van der Waals surface area contributed by atoms with Crippen LogP contribution in [0.15, 0.2) is 140 Å². The standard InChI is InChI=1S/C26H23P2.C8H11.Ir/c1-5-13-23(14-6-1)27(24-15-7-2-8-16-24)21-22-28(25-17-9-3-10-18-25)26-19-11-4-12-20-26;1-2-4-6-8-7-5-3-1;/h1-21H,22H2;1-2,7H,3-6H2;/q2*-1;.